The summed E-state index contributed by atoms with van der Waals surface area (Å²) in [5.74, 6) is -1.70. The molecule has 6 heteroatoms. The number of likely N-dealkylation sites (N-methyl/N-ethyl adjacent to an activating group) is 1. The first-order valence-corrected chi connectivity index (χ1v) is 10.6. The van der Waals surface area contributed by atoms with Crippen LogP contribution in [0.25, 0.3) is 11.1 Å². The highest BCUT2D eigenvalue weighted by molar-refractivity contribution is 6.02. The molecule has 2 amide bonds. The third-order valence-electron chi connectivity index (χ3n) is 5.43. The average Bonchev–Trinajstić information content (AvgIpc) is 2.76. The van der Waals surface area contributed by atoms with E-state index in [0.717, 1.165) is 24.0 Å². The van der Waals surface area contributed by atoms with Gasteiger partial charge in [0.2, 0.25) is 5.91 Å². The van der Waals surface area contributed by atoms with E-state index in [4.69, 9.17) is 0 Å². The van der Waals surface area contributed by atoms with Gasteiger partial charge in [0.25, 0.3) is 5.91 Å². The molecule has 6 nitrogen and oxygen atoms in total. The second kappa shape index (κ2) is 10.8. The van der Waals surface area contributed by atoms with E-state index in [9.17, 15) is 19.5 Å². The minimum atomic E-state index is -1.04. The first-order valence-electron chi connectivity index (χ1n) is 10.6. The van der Waals surface area contributed by atoms with E-state index in [-0.39, 0.29) is 11.8 Å². The van der Waals surface area contributed by atoms with Gasteiger partial charge in [-0.25, -0.2) is 4.79 Å². The van der Waals surface area contributed by atoms with Gasteiger partial charge in [-0.15, -0.1) is 0 Å². The Labute approximate surface area is 184 Å². The molecule has 0 bridgehead atoms. The zero-order chi connectivity index (χ0) is 23.1. The molecule has 0 aromatic heterocycles. The number of unbranched alkanes of at least 4 members (excludes halogenated alkanes) is 1. The van der Waals surface area contributed by atoms with Crippen molar-refractivity contribution in [1.82, 2.24) is 4.90 Å². The molecule has 166 valence electrons. The summed E-state index contributed by atoms with van der Waals surface area (Å²) in [6.07, 6.45) is 2.13. The Morgan fingerprint density at radius 3 is 2.19 bits per heavy atom. The van der Waals surface area contributed by atoms with Gasteiger partial charge in [0.05, 0.1) is 5.69 Å². The molecule has 2 aromatic carbocycles. The summed E-state index contributed by atoms with van der Waals surface area (Å²) in [4.78, 5) is 40.4. The molecule has 0 saturated carbocycles. The van der Waals surface area contributed by atoms with Crippen molar-refractivity contribution in [2.75, 3.05) is 19.0 Å². The van der Waals surface area contributed by atoms with E-state index in [0.29, 0.717) is 17.7 Å². The fourth-order valence-corrected chi connectivity index (χ4v) is 3.66. The maximum atomic E-state index is 13.1. The summed E-state index contributed by atoms with van der Waals surface area (Å²) >= 11 is 0. The second-order valence-corrected chi connectivity index (χ2v) is 8.10. The molecule has 0 radical (unpaired) electrons. The number of carboxylic acid groups (broad SMARTS) is 1. The quantitative estimate of drug-likeness (QED) is 0.634. The van der Waals surface area contributed by atoms with Gasteiger partial charge in [-0.05, 0) is 30.0 Å². The predicted octanol–water partition coefficient (Wildman–Crippen LogP) is 4.69. The zero-order valence-corrected chi connectivity index (χ0v) is 19.0. The molecule has 0 spiro atoms. The highest BCUT2D eigenvalue weighted by Crippen LogP contribution is 2.32. The minimum Gasteiger partial charge on any atom is -0.480 e. The van der Waals surface area contributed by atoms with Crippen molar-refractivity contribution in [2.24, 2.45) is 5.92 Å². The number of carboxylic acids is 1. The number of carbonyl (C=O) groups is 3. The summed E-state index contributed by atoms with van der Waals surface area (Å²) in [7, 11) is 3.22. The van der Waals surface area contributed by atoms with Crippen LogP contribution in [0.1, 0.15) is 50.4 Å². The predicted molar refractivity (Wildman–Crippen MR) is 123 cm³/mol. The molecule has 0 unspecified atom stereocenters. The van der Waals surface area contributed by atoms with E-state index >= 15 is 0 Å². The van der Waals surface area contributed by atoms with Crippen LogP contribution in [0.15, 0.2) is 48.5 Å². The van der Waals surface area contributed by atoms with Gasteiger partial charge in [-0.2, -0.15) is 0 Å². The van der Waals surface area contributed by atoms with E-state index < -0.39 is 17.9 Å². The number of amides is 2. The second-order valence-electron chi connectivity index (χ2n) is 8.10. The number of rotatable bonds is 9. The van der Waals surface area contributed by atoms with Crippen molar-refractivity contribution in [3.05, 3.63) is 54.1 Å². The van der Waals surface area contributed by atoms with Crippen LogP contribution in [-0.4, -0.2) is 47.9 Å². The molecule has 1 N–H and O–H groups in total. The van der Waals surface area contributed by atoms with Gasteiger partial charge in [0, 0.05) is 31.6 Å². The Hall–Kier alpha value is -3.15. The van der Waals surface area contributed by atoms with Crippen LogP contribution in [0.4, 0.5) is 5.69 Å². The van der Waals surface area contributed by atoms with Crippen molar-refractivity contribution in [3.8, 4) is 11.1 Å². The standard InChI is InChI=1S/C25H32N2O4/c1-6-7-13-22(28)26(4)21-16-19(14-15-20(21)18-11-9-8-10-12-18)24(29)27(5)23(17(2)3)25(30)31/h8-12,14-17,23H,6-7,13H2,1-5H3,(H,30,31)/t23-/m0/s1. The third-order valence-corrected chi connectivity index (χ3v) is 5.43. The fraction of sp³-hybridized carbons (Fsp3) is 0.400. The lowest BCUT2D eigenvalue weighted by atomic mass is 9.98. The molecule has 2 rings (SSSR count). The number of aliphatic carboxylic acids is 1. The molecule has 0 aliphatic rings. The molecule has 31 heavy (non-hydrogen) atoms. The smallest absolute Gasteiger partial charge is 0.326 e. The fourth-order valence-electron chi connectivity index (χ4n) is 3.66. The molecule has 0 aliphatic heterocycles. The zero-order valence-electron chi connectivity index (χ0n) is 19.0. The number of benzene rings is 2. The van der Waals surface area contributed by atoms with Crippen molar-refractivity contribution >= 4 is 23.5 Å². The van der Waals surface area contributed by atoms with Gasteiger partial charge >= 0.3 is 5.97 Å². The van der Waals surface area contributed by atoms with Crippen LogP contribution < -0.4 is 4.90 Å². The Kier molecular flexibility index (Phi) is 8.37. The van der Waals surface area contributed by atoms with Gasteiger partial charge in [-0.3, -0.25) is 9.59 Å². The van der Waals surface area contributed by atoms with E-state index in [2.05, 4.69) is 0 Å². The van der Waals surface area contributed by atoms with Crippen LogP contribution in [0.5, 0.6) is 0 Å². The van der Waals surface area contributed by atoms with Crippen molar-refractivity contribution in [3.63, 3.8) is 0 Å². The summed E-state index contributed by atoms with van der Waals surface area (Å²) in [5.41, 5.74) is 2.75. The van der Waals surface area contributed by atoms with Crippen LogP contribution in [0.2, 0.25) is 0 Å². The van der Waals surface area contributed by atoms with Crippen molar-refractivity contribution in [1.29, 1.82) is 0 Å². The average molecular weight is 425 g/mol. The van der Waals surface area contributed by atoms with Crippen LogP contribution in [0.3, 0.4) is 0 Å². The molecule has 0 saturated heterocycles. The molecule has 1 atom stereocenters. The summed E-state index contributed by atoms with van der Waals surface area (Å²) in [5, 5.41) is 9.55. The summed E-state index contributed by atoms with van der Waals surface area (Å²) in [6.45, 7) is 5.57. The van der Waals surface area contributed by atoms with Crippen LogP contribution in [-0.2, 0) is 9.59 Å². The number of nitrogens with zero attached hydrogens (tertiary/aromatic N) is 2. The molecule has 0 fully saturated rings. The summed E-state index contributed by atoms with van der Waals surface area (Å²) in [6, 6.07) is 13.9. The summed E-state index contributed by atoms with van der Waals surface area (Å²) < 4.78 is 0. The van der Waals surface area contributed by atoms with Crippen LogP contribution in [0, 0.1) is 5.92 Å². The van der Waals surface area contributed by atoms with E-state index in [1.807, 2.05) is 43.3 Å². The van der Waals surface area contributed by atoms with Crippen LogP contribution >= 0.6 is 0 Å². The Morgan fingerprint density at radius 2 is 1.65 bits per heavy atom. The normalized spacial score (nSPS) is 11.8. The lowest BCUT2D eigenvalue weighted by Crippen LogP contribution is -2.45. The maximum absolute atomic E-state index is 13.1. The Balaban J connectivity index is 2.50. The lowest BCUT2D eigenvalue weighted by molar-refractivity contribution is -0.143. The maximum Gasteiger partial charge on any atom is 0.326 e. The molecular formula is C25H32N2O4. The molecule has 2 aromatic rings. The van der Waals surface area contributed by atoms with Gasteiger partial charge < -0.3 is 14.9 Å². The van der Waals surface area contributed by atoms with Crippen molar-refractivity contribution in [2.45, 2.75) is 46.1 Å². The monoisotopic (exact) mass is 424 g/mol. The van der Waals surface area contributed by atoms with Gasteiger partial charge in [0.15, 0.2) is 0 Å². The Morgan fingerprint density at radius 1 is 1.00 bits per heavy atom. The third kappa shape index (κ3) is 5.72. The highest BCUT2D eigenvalue weighted by atomic mass is 16.4. The molecule has 0 aliphatic carbocycles. The number of carbonyl (C=O) groups excluding carboxylic acids is 2. The molecule has 0 heterocycles. The van der Waals surface area contributed by atoms with E-state index in [1.54, 1.807) is 37.9 Å². The molecular weight excluding hydrogens is 392 g/mol. The van der Waals surface area contributed by atoms with Crippen molar-refractivity contribution < 1.29 is 19.5 Å². The minimum absolute atomic E-state index is 0.0254. The number of anilines is 1. The SMILES string of the molecule is CCCCC(=O)N(C)c1cc(C(=O)N(C)[C@H](C(=O)O)C(C)C)ccc1-c1ccccc1. The van der Waals surface area contributed by atoms with E-state index in [1.165, 1.54) is 11.9 Å². The van der Waals surface area contributed by atoms with Gasteiger partial charge in [-0.1, -0.05) is 63.6 Å². The Bertz CT molecular complexity index is 924. The largest absolute Gasteiger partial charge is 0.480 e. The lowest BCUT2D eigenvalue weighted by Gasteiger charge is -2.28. The first kappa shape index (κ1) is 24.1. The number of hydrogen-bond donors (Lipinski definition) is 1. The topological polar surface area (TPSA) is 77.9 Å². The first-order chi connectivity index (χ1) is 14.7. The van der Waals surface area contributed by atoms with Gasteiger partial charge in [0.1, 0.15) is 6.04 Å². The number of hydrogen-bond acceptors (Lipinski definition) is 3. The highest BCUT2D eigenvalue weighted by Gasteiger charge is 2.30.